The molecular formula is C21H32N2O10. The van der Waals surface area contributed by atoms with Gasteiger partial charge in [0.1, 0.15) is 11.6 Å². The zero-order valence-electron chi connectivity index (χ0n) is 19.6. The summed E-state index contributed by atoms with van der Waals surface area (Å²) in [6.45, 7) is 8.24. The molecular weight excluding hydrogens is 440 g/mol. The van der Waals surface area contributed by atoms with Crippen molar-refractivity contribution in [3.05, 3.63) is 0 Å². The van der Waals surface area contributed by atoms with Gasteiger partial charge in [0.2, 0.25) is 0 Å². The van der Waals surface area contributed by atoms with Crippen molar-refractivity contribution in [1.29, 1.82) is 0 Å². The Morgan fingerprint density at radius 3 is 2.21 bits per heavy atom. The lowest BCUT2D eigenvalue weighted by atomic mass is 10.1. The van der Waals surface area contributed by atoms with Crippen molar-refractivity contribution in [3.8, 4) is 0 Å². The van der Waals surface area contributed by atoms with Gasteiger partial charge in [0.05, 0.1) is 6.61 Å². The Morgan fingerprint density at radius 1 is 1.06 bits per heavy atom. The number of carbonyl (C=O) groups is 6. The lowest BCUT2D eigenvalue weighted by Gasteiger charge is -2.24. The smallest absolute Gasteiger partial charge is 0.408 e. The largest absolute Gasteiger partial charge is 0.466 e. The highest BCUT2D eigenvalue weighted by Gasteiger charge is 2.36. The molecule has 1 saturated heterocycles. The Morgan fingerprint density at radius 2 is 1.67 bits per heavy atom. The molecule has 0 radical (unpaired) electrons. The fourth-order valence-corrected chi connectivity index (χ4v) is 2.49. The summed E-state index contributed by atoms with van der Waals surface area (Å²) in [7, 11) is 0. The van der Waals surface area contributed by atoms with Gasteiger partial charge in [-0.2, -0.15) is 0 Å². The van der Waals surface area contributed by atoms with Crippen molar-refractivity contribution in [1.82, 2.24) is 10.4 Å². The number of unbranched alkanes of at least 4 members (excludes halogenated alkanes) is 1. The van der Waals surface area contributed by atoms with Crippen molar-refractivity contribution in [2.45, 2.75) is 90.9 Å². The fraction of sp³-hybridized carbons (Fsp3) is 0.714. The minimum Gasteiger partial charge on any atom is -0.466 e. The summed E-state index contributed by atoms with van der Waals surface area (Å²) in [5, 5.41) is 2.64. The molecule has 1 N–H and O–H groups in total. The molecule has 0 spiro atoms. The first kappa shape index (κ1) is 27.9. The number of rotatable bonds is 11. The number of carbonyl (C=O) groups excluding carboxylic acids is 6. The predicted octanol–water partition coefficient (Wildman–Crippen LogP) is 1.54. The molecule has 0 aliphatic carbocycles. The molecule has 12 heteroatoms. The SMILES string of the molecule is CCCCOC(=O)CC[C@H](NC(=O)OC(C)(C)C)C(=O)O[C@@H](C)C(=O)ON1C(=O)CCC1=O. The Balaban J connectivity index is 2.74. The zero-order valence-corrected chi connectivity index (χ0v) is 19.6. The highest BCUT2D eigenvalue weighted by molar-refractivity contribution is 6.01. The van der Waals surface area contributed by atoms with Crippen LogP contribution in [0.15, 0.2) is 0 Å². The van der Waals surface area contributed by atoms with E-state index in [1.54, 1.807) is 20.8 Å². The van der Waals surface area contributed by atoms with Crippen LogP contribution in [0.4, 0.5) is 4.79 Å². The zero-order chi connectivity index (χ0) is 25.2. The molecule has 1 fully saturated rings. The van der Waals surface area contributed by atoms with Gasteiger partial charge in [-0.3, -0.25) is 14.4 Å². The maximum Gasteiger partial charge on any atom is 0.408 e. The number of esters is 2. The molecule has 1 rings (SSSR count). The monoisotopic (exact) mass is 472 g/mol. The molecule has 1 aliphatic rings. The van der Waals surface area contributed by atoms with Gasteiger partial charge in [0.25, 0.3) is 11.8 Å². The predicted molar refractivity (Wildman–Crippen MR) is 111 cm³/mol. The van der Waals surface area contributed by atoms with E-state index in [2.05, 4.69) is 5.32 Å². The standard InChI is InChI=1S/C21H32N2O10/c1-6-7-12-30-17(26)11-8-14(22-20(29)32-21(3,4)5)19(28)31-13(2)18(27)33-23-15(24)9-10-16(23)25/h13-14H,6-12H2,1-5H3,(H,22,29)/t13-,14-/m0/s1. The summed E-state index contributed by atoms with van der Waals surface area (Å²) >= 11 is 0. The van der Waals surface area contributed by atoms with Gasteiger partial charge in [-0.05, 0) is 40.5 Å². The topological polar surface area (TPSA) is 155 Å². The van der Waals surface area contributed by atoms with Crippen LogP contribution >= 0.6 is 0 Å². The third-order valence-electron chi connectivity index (χ3n) is 4.19. The summed E-state index contributed by atoms with van der Waals surface area (Å²) in [6, 6.07) is -1.33. The van der Waals surface area contributed by atoms with Gasteiger partial charge in [-0.15, -0.1) is 5.06 Å². The number of imide groups is 1. The number of hydroxylamine groups is 2. The summed E-state index contributed by atoms with van der Waals surface area (Å²) in [6.07, 6.45) is -1.44. The second kappa shape index (κ2) is 12.8. The van der Waals surface area contributed by atoms with Crippen LogP contribution in [-0.4, -0.2) is 65.2 Å². The van der Waals surface area contributed by atoms with Crippen LogP contribution < -0.4 is 5.32 Å². The van der Waals surface area contributed by atoms with Gasteiger partial charge >= 0.3 is 24.0 Å². The molecule has 0 aromatic carbocycles. The Bertz CT molecular complexity index is 743. The molecule has 186 valence electrons. The Labute approximate surface area is 192 Å². The number of nitrogens with one attached hydrogen (secondary N) is 1. The first-order valence-corrected chi connectivity index (χ1v) is 10.8. The molecule has 0 bridgehead atoms. The molecule has 12 nitrogen and oxygen atoms in total. The summed E-state index contributed by atoms with van der Waals surface area (Å²) in [5.41, 5.74) is -0.844. The van der Waals surface area contributed by atoms with E-state index < -0.39 is 53.6 Å². The summed E-state index contributed by atoms with van der Waals surface area (Å²) in [5.74, 6) is -4.12. The lowest BCUT2D eigenvalue weighted by Crippen LogP contribution is -2.46. The van der Waals surface area contributed by atoms with Crippen LogP contribution in [0.2, 0.25) is 0 Å². The quantitative estimate of drug-likeness (QED) is 0.203. The second-order valence-electron chi connectivity index (χ2n) is 8.38. The maximum atomic E-state index is 12.6. The molecule has 0 aromatic heterocycles. The van der Waals surface area contributed by atoms with Crippen molar-refractivity contribution < 1.29 is 47.8 Å². The number of nitrogens with zero attached hydrogens (tertiary/aromatic N) is 1. The molecule has 33 heavy (non-hydrogen) atoms. The van der Waals surface area contributed by atoms with Crippen LogP contribution in [-0.2, 0) is 43.0 Å². The van der Waals surface area contributed by atoms with E-state index in [0.717, 1.165) is 6.42 Å². The van der Waals surface area contributed by atoms with Crippen LogP contribution in [0.3, 0.4) is 0 Å². The molecule has 1 aliphatic heterocycles. The second-order valence-corrected chi connectivity index (χ2v) is 8.38. The first-order chi connectivity index (χ1) is 15.3. The van der Waals surface area contributed by atoms with Gasteiger partial charge < -0.3 is 24.4 Å². The van der Waals surface area contributed by atoms with Crippen molar-refractivity contribution >= 4 is 35.8 Å². The van der Waals surface area contributed by atoms with E-state index in [0.29, 0.717) is 11.5 Å². The Kier molecular flexibility index (Phi) is 10.8. The number of alkyl carbamates (subject to hydrolysis) is 1. The van der Waals surface area contributed by atoms with Crippen LogP contribution in [0.5, 0.6) is 0 Å². The minimum absolute atomic E-state index is 0.0868. The highest BCUT2D eigenvalue weighted by Crippen LogP contribution is 2.14. The van der Waals surface area contributed by atoms with Crippen LogP contribution in [0.25, 0.3) is 0 Å². The molecule has 3 amide bonds. The van der Waals surface area contributed by atoms with Gasteiger partial charge in [-0.1, -0.05) is 13.3 Å². The fourth-order valence-electron chi connectivity index (χ4n) is 2.49. The average Bonchev–Trinajstić information content (AvgIpc) is 3.01. The first-order valence-electron chi connectivity index (χ1n) is 10.8. The van der Waals surface area contributed by atoms with E-state index in [4.69, 9.17) is 19.0 Å². The third kappa shape index (κ3) is 10.3. The highest BCUT2D eigenvalue weighted by atomic mass is 16.7. The number of amides is 3. The lowest BCUT2D eigenvalue weighted by molar-refractivity contribution is -0.205. The maximum absolute atomic E-state index is 12.6. The molecule has 1 heterocycles. The number of ether oxygens (including phenoxy) is 3. The Hall–Kier alpha value is -3.18. The number of hydrogen-bond donors (Lipinski definition) is 1. The van der Waals surface area contributed by atoms with E-state index >= 15 is 0 Å². The van der Waals surface area contributed by atoms with E-state index in [9.17, 15) is 28.8 Å². The normalized spacial score (nSPS) is 15.5. The summed E-state index contributed by atoms with van der Waals surface area (Å²) in [4.78, 5) is 76.6. The summed E-state index contributed by atoms with van der Waals surface area (Å²) < 4.78 is 15.2. The van der Waals surface area contributed by atoms with Crippen LogP contribution in [0.1, 0.15) is 73.1 Å². The third-order valence-corrected chi connectivity index (χ3v) is 4.19. The number of hydrogen-bond acceptors (Lipinski definition) is 10. The van der Waals surface area contributed by atoms with Gasteiger partial charge in [-0.25, -0.2) is 14.4 Å². The van der Waals surface area contributed by atoms with E-state index in [-0.39, 0.29) is 32.3 Å². The molecule has 0 aromatic rings. The average molecular weight is 472 g/mol. The van der Waals surface area contributed by atoms with Gasteiger partial charge in [0.15, 0.2) is 6.10 Å². The van der Waals surface area contributed by atoms with E-state index in [1.807, 2.05) is 6.92 Å². The van der Waals surface area contributed by atoms with Crippen LogP contribution in [0, 0.1) is 0 Å². The van der Waals surface area contributed by atoms with Crippen molar-refractivity contribution in [3.63, 3.8) is 0 Å². The van der Waals surface area contributed by atoms with Gasteiger partial charge in [0, 0.05) is 19.3 Å². The van der Waals surface area contributed by atoms with E-state index in [1.165, 1.54) is 6.92 Å². The van der Waals surface area contributed by atoms with Crippen molar-refractivity contribution in [2.24, 2.45) is 0 Å². The molecule has 0 saturated carbocycles. The minimum atomic E-state index is -1.50. The molecule has 2 atom stereocenters. The van der Waals surface area contributed by atoms with Crippen molar-refractivity contribution in [2.75, 3.05) is 6.61 Å². The molecule has 0 unspecified atom stereocenters.